The van der Waals surface area contributed by atoms with Crippen molar-refractivity contribution in [1.82, 2.24) is 19.3 Å². The van der Waals surface area contributed by atoms with Crippen LogP contribution in [0.15, 0.2) is 30.6 Å². The Labute approximate surface area is 137 Å². The largest absolute Gasteiger partial charge is 0.306 e. The second kappa shape index (κ2) is 5.75. The minimum atomic E-state index is -0.216. The Balaban J connectivity index is 1.54. The van der Waals surface area contributed by atoms with Gasteiger partial charge in [-0.15, -0.1) is 11.3 Å². The van der Waals surface area contributed by atoms with E-state index in [-0.39, 0.29) is 5.91 Å². The number of anilines is 1. The van der Waals surface area contributed by atoms with Crippen LogP contribution in [-0.2, 0) is 13.0 Å². The number of imidazole rings is 1. The molecule has 1 aliphatic rings. The molecule has 0 spiro atoms. The van der Waals surface area contributed by atoms with E-state index in [0.29, 0.717) is 10.8 Å². The van der Waals surface area contributed by atoms with Gasteiger partial charge in [0.25, 0.3) is 5.91 Å². The Bertz CT molecular complexity index is 835. The lowest BCUT2D eigenvalue weighted by Gasteiger charge is -2.23. The Hall–Kier alpha value is -2.25. The fourth-order valence-electron chi connectivity index (χ4n) is 2.78. The van der Waals surface area contributed by atoms with Crippen molar-refractivity contribution in [3.63, 3.8) is 0 Å². The summed E-state index contributed by atoms with van der Waals surface area (Å²) < 4.78 is 1.83. The number of likely N-dealkylation sites (N-methyl/N-ethyl adjacent to an activating group) is 1. The van der Waals surface area contributed by atoms with Crippen LogP contribution in [0.25, 0.3) is 5.65 Å². The molecule has 0 unspecified atom stereocenters. The van der Waals surface area contributed by atoms with Crippen LogP contribution < -0.4 is 5.32 Å². The molecule has 1 N–H and O–H groups in total. The van der Waals surface area contributed by atoms with Gasteiger partial charge in [-0.1, -0.05) is 13.0 Å². The molecule has 4 heterocycles. The van der Waals surface area contributed by atoms with Gasteiger partial charge in [0.1, 0.15) is 11.3 Å². The van der Waals surface area contributed by atoms with Gasteiger partial charge in [-0.05, 0) is 18.7 Å². The lowest BCUT2D eigenvalue weighted by Crippen LogP contribution is -2.29. The van der Waals surface area contributed by atoms with E-state index in [1.54, 1.807) is 17.5 Å². The van der Waals surface area contributed by atoms with Crippen LogP contribution in [-0.4, -0.2) is 38.3 Å². The number of carbonyl (C=O) groups is 1. The highest BCUT2D eigenvalue weighted by atomic mass is 32.1. The van der Waals surface area contributed by atoms with Crippen LogP contribution in [0.4, 0.5) is 5.13 Å². The molecular weight excluding hydrogens is 310 g/mol. The number of nitrogens with zero attached hydrogens (tertiary/aromatic N) is 4. The van der Waals surface area contributed by atoms with Crippen molar-refractivity contribution in [2.45, 2.75) is 19.9 Å². The molecule has 0 saturated carbocycles. The van der Waals surface area contributed by atoms with E-state index in [0.717, 1.165) is 37.4 Å². The minimum Gasteiger partial charge on any atom is -0.306 e. The van der Waals surface area contributed by atoms with Crippen LogP contribution in [0.3, 0.4) is 0 Å². The van der Waals surface area contributed by atoms with Gasteiger partial charge in [-0.2, -0.15) is 0 Å². The van der Waals surface area contributed by atoms with Gasteiger partial charge in [-0.3, -0.25) is 15.0 Å². The number of pyridine rings is 1. The first-order valence-electron chi connectivity index (χ1n) is 7.69. The fourth-order valence-corrected chi connectivity index (χ4v) is 3.82. The van der Waals surface area contributed by atoms with E-state index < -0.39 is 0 Å². The van der Waals surface area contributed by atoms with Crippen molar-refractivity contribution in [2.75, 3.05) is 18.4 Å². The van der Waals surface area contributed by atoms with Crippen LogP contribution in [0.5, 0.6) is 0 Å². The average Bonchev–Trinajstić information content (AvgIpc) is 3.17. The number of amides is 1. The summed E-state index contributed by atoms with van der Waals surface area (Å²) in [4.78, 5) is 24.9. The number of nitrogens with one attached hydrogen (secondary N) is 1. The predicted octanol–water partition coefficient (Wildman–Crippen LogP) is 2.42. The monoisotopic (exact) mass is 327 g/mol. The summed E-state index contributed by atoms with van der Waals surface area (Å²) in [6.07, 6.45) is 4.56. The van der Waals surface area contributed by atoms with Gasteiger partial charge in [0.2, 0.25) is 0 Å². The number of rotatable bonds is 3. The van der Waals surface area contributed by atoms with Gasteiger partial charge in [0.05, 0.1) is 5.69 Å². The molecule has 0 aliphatic carbocycles. The van der Waals surface area contributed by atoms with Crippen LogP contribution in [0.2, 0.25) is 0 Å². The Morgan fingerprint density at radius 3 is 3.13 bits per heavy atom. The smallest absolute Gasteiger partial charge is 0.277 e. The molecule has 0 bridgehead atoms. The zero-order valence-electron chi connectivity index (χ0n) is 12.8. The SMILES string of the molecule is CCN1CCc2nc(NC(=O)c3cn4ccccc4n3)sc2C1. The Kier molecular flexibility index (Phi) is 3.59. The molecule has 118 valence electrons. The minimum absolute atomic E-state index is 0.216. The number of aromatic nitrogens is 3. The summed E-state index contributed by atoms with van der Waals surface area (Å²) in [7, 11) is 0. The molecule has 3 aromatic rings. The van der Waals surface area contributed by atoms with E-state index >= 15 is 0 Å². The summed E-state index contributed by atoms with van der Waals surface area (Å²) in [5, 5.41) is 3.55. The quantitative estimate of drug-likeness (QED) is 0.802. The summed E-state index contributed by atoms with van der Waals surface area (Å²) in [5.41, 5.74) is 2.28. The first-order valence-corrected chi connectivity index (χ1v) is 8.50. The summed E-state index contributed by atoms with van der Waals surface area (Å²) >= 11 is 1.57. The number of thiazole rings is 1. The Morgan fingerprint density at radius 2 is 2.30 bits per heavy atom. The van der Waals surface area contributed by atoms with Crippen molar-refractivity contribution >= 4 is 28.0 Å². The van der Waals surface area contributed by atoms with Gasteiger partial charge >= 0.3 is 0 Å². The van der Waals surface area contributed by atoms with Crippen molar-refractivity contribution in [1.29, 1.82) is 0 Å². The van der Waals surface area contributed by atoms with Crippen molar-refractivity contribution in [3.05, 3.63) is 46.9 Å². The van der Waals surface area contributed by atoms with Crippen LogP contribution in [0, 0.1) is 0 Å². The molecule has 4 rings (SSSR count). The zero-order valence-corrected chi connectivity index (χ0v) is 13.6. The van der Waals surface area contributed by atoms with Crippen LogP contribution >= 0.6 is 11.3 Å². The maximum atomic E-state index is 12.4. The zero-order chi connectivity index (χ0) is 15.8. The van der Waals surface area contributed by atoms with Gasteiger partial charge in [0, 0.05) is 36.8 Å². The predicted molar refractivity (Wildman–Crippen MR) is 89.9 cm³/mol. The summed E-state index contributed by atoms with van der Waals surface area (Å²) in [6, 6.07) is 5.68. The first-order chi connectivity index (χ1) is 11.2. The summed E-state index contributed by atoms with van der Waals surface area (Å²) in [6.45, 7) is 5.17. The molecule has 6 nitrogen and oxygen atoms in total. The third kappa shape index (κ3) is 2.73. The molecule has 0 atom stereocenters. The first kappa shape index (κ1) is 14.3. The fraction of sp³-hybridized carbons (Fsp3) is 0.312. The second-order valence-corrected chi connectivity index (χ2v) is 6.64. The van der Waals surface area contributed by atoms with Gasteiger partial charge < -0.3 is 4.40 Å². The molecule has 23 heavy (non-hydrogen) atoms. The number of fused-ring (bicyclic) bond motifs is 2. The third-order valence-corrected chi connectivity index (χ3v) is 5.07. The van der Waals surface area contributed by atoms with Gasteiger partial charge in [0.15, 0.2) is 5.13 Å². The highest BCUT2D eigenvalue weighted by Gasteiger charge is 2.21. The topological polar surface area (TPSA) is 62.5 Å². The Morgan fingerprint density at radius 1 is 1.39 bits per heavy atom. The molecule has 7 heteroatoms. The number of hydrogen-bond donors (Lipinski definition) is 1. The van der Waals surface area contributed by atoms with Crippen molar-refractivity contribution < 1.29 is 4.79 Å². The lowest BCUT2D eigenvalue weighted by atomic mass is 10.2. The molecule has 0 saturated heterocycles. The number of hydrogen-bond acceptors (Lipinski definition) is 5. The maximum Gasteiger partial charge on any atom is 0.277 e. The highest BCUT2D eigenvalue weighted by Crippen LogP contribution is 2.28. The molecular formula is C16H17N5OS. The van der Waals surface area contributed by atoms with E-state index in [1.807, 2.05) is 28.8 Å². The second-order valence-electron chi connectivity index (χ2n) is 5.55. The molecule has 1 amide bonds. The molecule has 3 aromatic heterocycles. The van der Waals surface area contributed by atoms with E-state index in [1.165, 1.54) is 4.88 Å². The standard InChI is InChI=1S/C16H17N5OS/c1-2-20-8-6-11-13(10-20)23-16(18-11)19-15(22)12-9-21-7-4-3-5-14(21)17-12/h3-5,7,9H,2,6,8,10H2,1H3,(H,18,19,22). The van der Waals surface area contributed by atoms with Crippen molar-refractivity contribution in [3.8, 4) is 0 Å². The average molecular weight is 327 g/mol. The summed E-state index contributed by atoms with van der Waals surface area (Å²) in [5.74, 6) is -0.216. The molecule has 0 aromatic carbocycles. The van der Waals surface area contributed by atoms with Gasteiger partial charge in [-0.25, -0.2) is 9.97 Å². The van der Waals surface area contributed by atoms with E-state index in [2.05, 4.69) is 27.1 Å². The highest BCUT2D eigenvalue weighted by molar-refractivity contribution is 7.15. The lowest BCUT2D eigenvalue weighted by molar-refractivity contribution is 0.102. The maximum absolute atomic E-state index is 12.4. The van der Waals surface area contributed by atoms with Crippen molar-refractivity contribution in [2.24, 2.45) is 0 Å². The molecule has 0 fully saturated rings. The number of carbonyl (C=O) groups excluding carboxylic acids is 1. The third-order valence-electron chi connectivity index (χ3n) is 4.07. The molecule has 1 aliphatic heterocycles. The van der Waals surface area contributed by atoms with E-state index in [4.69, 9.17) is 0 Å². The van der Waals surface area contributed by atoms with E-state index in [9.17, 15) is 4.79 Å². The normalized spacial score (nSPS) is 14.8. The molecule has 0 radical (unpaired) electrons. The van der Waals surface area contributed by atoms with Crippen LogP contribution in [0.1, 0.15) is 28.0 Å².